The van der Waals surface area contributed by atoms with Crippen molar-refractivity contribution in [1.82, 2.24) is 39.0 Å². The number of nitrogens with two attached hydrogens (primary N) is 2. The zero-order chi connectivity index (χ0) is 31.6. The quantitative estimate of drug-likeness (QED) is 0.113. The molecule has 22 heteroatoms. The molecule has 19 nitrogen and oxygen atoms in total. The Morgan fingerprint density at radius 2 is 1.86 bits per heavy atom. The largest absolute Gasteiger partial charge is 0.394 e. The SMILES string of the molecule is CO[C@H]1[C@H](n2cnc3c(N)ncnc32)O[C@](C)(COP(O)(=S)O[C@@H]2[C@@H](F)[C@@H](CO)O[C@H]2n2cnc3c(=O)[nH]c(N)nc32)[C@H]1O. The highest BCUT2D eigenvalue weighted by atomic mass is 32.5. The van der Waals surface area contributed by atoms with Crippen LogP contribution in [-0.2, 0) is 35.1 Å². The average Bonchev–Trinajstić information content (AvgIpc) is 3.72. The lowest BCUT2D eigenvalue weighted by Crippen LogP contribution is -2.44. The van der Waals surface area contributed by atoms with E-state index in [0.29, 0.717) is 11.2 Å². The molecule has 0 radical (unpaired) electrons. The number of H-pyrrole nitrogens is 1. The molecule has 2 fully saturated rings. The molecule has 1 unspecified atom stereocenters. The Morgan fingerprint density at radius 3 is 2.57 bits per heavy atom. The van der Waals surface area contributed by atoms with Gasteiger partial charge in [-0.2, -0.15) is 4.98 Å². The molecule has 0 aliphatic carbocycles. The number of imidazole rings is 2. The Kier molecular flexibility index (Phi) is 7.89. The van der Waals surface area contributed by atoms with Crippen molar-refractivity contribution in [3.8, 4) is 0 Å². The van der Waals surface area contributed by atoms with Gasteiger partial charge in [-0.3, -0.25) is 23.4 Å². The fraction of sp³-hybridized carbons (Fsp3) is 0.545. The van der Waals surface area contributed by atoms with Crippen molar-refractivity contribution in [3.63, 3.8) is 0 Å². The molecule has 4 aromatic heterocycles. The van der Waals surface area contributed by atoms with Gasteiger partial charge in [0.2, 0.25) is 5.95 Å². The lowest BCUT2D eigenvalue weighted by Gasteiger charge is -2.30. The first kappa shape index (κ1) is 30.8. The minimum Gasteiger partial charge on any atom is -0.394 e. The highest BCUT2D eigenvalue weighted by Gasteiger charge is 2.55. The van der Waals surface area contributed by atoms with Crippen LogP contribution in [0.25, 0.3) is 22.3 Å². The average molecular weight is 659 g/mol. The molecule has 238 valence electrons. The molecule has 2 aliphatic heterocycles. The van der Waals surface area contributed by atoms with Gasteiger partial charge in [-0.15, -0.1) is 0 Å². The second-order valence-corrected chi connectivity index (χ2v) is 13.1. The number of aliphatic hydroxyl groups is 2. The molecule has 2 saturated heterocycles. The van der Waals surface area contributed by atoms with Crippen LogP contribution >= 0.6 is 6.72 Å². The standard InChI is InChI=1S/C22H28FN10O9PS/c1-22(14(35)13(38-2)20(41-22)32-6-28-10-15(24)26-5-27-16(10)32)4-39-43(37,44)42-12-9(23)8(3-34)40-19(12)33-7-29-11-17(33)30-21(25)31-18(11)36/h5-9,12-14,19-20,34-35H,3-4H2,1-2H3,(H,37,44)(H2,24,26,27)(H3,25,30,31,36)/t8-,9+,12-,13-,14+,19-,20-,22-,43?/m1/s1. The smallest absolute Gasteiger partial charge is 0.325 e. The van der Waals surface area contributed by atoms with Crippen LogP contribution in [0.4, 0.5) is 16.2 Å². The third-order valence-electron chi connectivity index (χ3n) is 7.48. The molecule has 2 aliphatic rings. The summed E-state index contributed by atoms with van der Waals surface area (Å²) in [6.45, 7) is -4.09. The van der Waals surface area contributed by atoms with Crippen molar-refractivity contribution in [1.29, 1.82) is 0 Å². The van der Waals surface area contributed by atoms with E-state index in [1.165, 1.54) is 35.8 Å². The number of rotatable bonds is 9. The molecule has 9 atom stereocenters. The number of nitrogens with one attached hydrogen (secondary N) is 1. The zero-order valence-corrected chi connectivity index (χ0v) is 24.7. The molecule has 0 saturated carbocycles. The van der Waals surface area contributed by atoms with Crippen molar-refractivity contribution in [2.45, 2.75) is 55.6 Å². The van der Waals surface area contributed by atoms with Gasteiger partial charge in [0.05, 0.1) is 25.9 Å². The summed E-state index contributed by atoms with van der Waals surface area (Å²) in [4.78, 5) is 45.9. The fourth-order valence-corrected chi connectivity index (χ4v) is 6.72. The lowest BCUT2D eigenvalue weighted by molar-refractivity contribution is -0.114. The molecular weight excluding hydrogens is 630 g/mol. The molecule has 0 spiro atoms. The number of nitrogens with zero attached hydrogens (tertiary/aromatic N) is 7. The molecule has 0 bridgehead atoms. The van der Waals surface area contributed by atoms with Crippen LogP contribution < -0.4 is 17.0 Å². The van der Waals surface area contributed by atoms with Crippen molar-refractivity contribution in [2.75, 3.05) is 31.8 Å². The van der Waals surface area contributed by atoms with Crippen LogP contribution in [0.5, 0.6) is 0 Å². The second-order valence-electron chi connectivity index (χ2n) is 10.3. The number of alkyl halides is 1. The van der Waals surface area contributed by atoms with E-state index in [0.717, 1.165) is 6.33 Å². The highest BCUT2D eigenvalue weighted by molar-refractivity contribution is 8.07. The molecule has 0 amide bonds. The monoisotopic (exact) mass is 658 g/mol. The molecule has 4 aromatic rings. The summed E-state index contributed by atoms with van der Waals surface area (Å²) in [5.41, 5.74) is 9.82. The minimum atomic E-state index is -4.31. The van der Waals surface area contributed by atoms with Crippen molar-refractivity contribution < 1.29 is 42.8 Å². The predicted molar refractivity (Wildman–Crippen MR) is 151 cm³/mol. The maximum atomic E-state index is 15.5. The maximum absolute atomic E-state index is 15.5. The number of ether oxygens (including phenoxy) is 3. The van der Waals surface area contributed by atoms with Crippen LogP contribution in [0.2, 0.25) is 0 Å². The van der Waals surface area contributed by atoms with Gasteiger partial charge in [0, 0.05) is 7.11 Å². The lowest BCUT2D eigenvalue weighted by atomic mass is 9.98. The number of aromatic amines is 1. The van der Waals surface area contributed by atoms with E-state index in [2.05, 4.69) is 29.9 Å². The third-order valence-corrected chi connectivity index (χ3v) is 9.02. The number of methoxy groups -OCH3 is 1. The van der Waals surface area contributed by atoms with E-state index in [9.17, 15) is 19.9 Å². The molecule has 6 heterocycles. The number of hydrogen-bond donors (Lipinski definition) is 6. The first-order valence-corrected chi connectivity index (χ1v) is 15.6. The van der Waals surface area contributed by atoms with Crippen molar-refractivity contribution in [3.05, 3.63) is 29.3 Å². The highest BCUT2D eigenvalue weighted by Crippen LogP contribution is 2.52. The number of aliphatic hydroxyl groups excluding tert-OH is 2. The summed E-state index contributed by atoms with van der Waals surface area (Å²) >= 11 is 5.20. The van der Waals surface area contributed by atoms with Gasteiger partial charge < -0.3 is 45.3 Å². The van der Waals surface area contributed by atoms with E-state index in [4.69, 9.17) is 46.5 Å². The van der Waals surface area contributed by atoms with Gasteiger partial charge in [-0.25, -0.2) is 24.3 Å². The number of fused-ring (bicyclic) bond motifs is 2. The molecule has 6 rings (SSSR count). The first-order chi connectivity index (χ1) is 20.9. The van der Waals surface area contributed by atoms with Crippen LogP contribution in [-0.4, -0.2) is 111 Å². The van der Waals surface area contributed by atoms with Gasteiger partial charge in [-0.05, 0) is 18.7 Å². The van der Waals surface area contributed by atoms with E-state index in [1.807, 2.05) is 0 Å². The summed E-state index contributed by atoms with van der Waals surface area (Å²) in [5, 5.41) is 20.9. The van der Waals surface area contributed by atoms with Gasteiger partial charge in [0.1, 0.15) is 41.9 Å². The molecule has 0 aromatic carbocycles. The Balaban J connectivity index is 1.23. The van der Waals surface area contributed by atoms with E-state index >= 15 is 4.39 Å². The maximum Gasteiger partial charge on any atom is 0.325 e. The summed E-state index contributed by atoms with van der Waals surface area (Å²) in [6, 6.07) is 0. The van der Waals surface area contributed by atoms with E-state index in [1.54, 1.807) is 0 Å². The van der Waals surface area contributed by atoms with Gasteiger partial charge in [-0.1, -0.05) is 0 Å². The van der Waals surface area contributed by atoms with E-state index < -0.39 is 74.1 Å². The minimum absolute atomic E-state index is 0.0616. The summed E-state index contributed by atoms with van der Waals surface area (Å²) < 4.78 is 46.6. The fourth-order valence-electron chi connectivity index (χ4n) is 5.25. The van der Waals surface area contributed by atoms with Crippen molar-refractivity contribution in [2.24, 2.45) is 0 Å². The topological polar surface area (TPSA) is 266 Å². The first-order valence-electron chi connectivity index (χ1n) is 13.0. The molecular formula is C22H28FN10O9PS. The van der Waals surface area contributed by atoms with Crippen LogP contribution in [0.3, 0.4) is 0 Å². The number of aromatic nitrogens is 8. The number of hydrogen-bond acceptors (Lipinski definition) is 16. The number of halogens is 1. The zero-order valence-electron chi connectivity index (χ0n) is 23.0. The Hall–Kier alpha value is -3.24. The van der Waals surface area contributed by atoms with Crippen LogP contribution in [0, 0.1) is 0 Å². The number of nitrogen functional groups attached to an aromatic ring is 2. The Labute approximate surface area is 251 Å². The summed E-state index contributed by atoms with van der Waals surface area (Å²) in [6.07, 6.45) is -5.89. The van der Waals surface area contributed by atoms with E-state index in [-0.39, 0.29) is 22.9 Å². The van der Waals surface area contributed by atoms with Gasteiger partial charge in [0.25, 0.3) is 5.56 Å². The van der Waals surface area contributed by atoms with Crippen LogP contribution in [0.15, 0.2) is 23.8 Å². The predicted octanol–water partition coefficient (Wildman–Crippen LogP) is -1.37. The Morgan fingerprint density at radius 1 is 1.16 bits per heavy atom. The van der Waals surface area contributed by atoms with Gasteiger partial charge in [0.15, 0.2) is 41.3 Å². The summed E-state index contributed by atoms with van der Waals surface area (Å²) in [7, 11) is 1.37. The van der Waals surface area contributed by atoms with Crippen molar-refractivity contribution >= 4 is 52.6 Å². The number of anilines is 2. The molecule has 44 heavy (non-hydrogen) atoms. The Bertz CT molecular complexity index is 1810. The van der Waals surface area contributed by atoms with Crippen LogP contribution in [0.1, 0.15) is 19.4 Å². The summed E-state index contributed by atoms with van der Waals surface area (Å²) in [5.74, 6) is -0.0921. The second kappa shape index (κ2) is 11.3. The van der Waals surface area contributed by atoms with Gasteiger partial charge >= 0.3 is 6.72 Å². The normalized spacial score (nSPS) is 32.1. The molecule has 8 N–H and O–H groups in total. The third kappa shape index (κ3) is 5.13.